The summed E-state index contributed by atoms with van der Waals surface area (Å²) in [6.07, 6.45) is 3.24. The zero-order valence-corrected chi connectivity index (χ0v) is 11.3. The van der Waals surface area contributed by atoms with E-state index in [1.807, 2.05) is 18.2 Å². The number of hydrogen-bond acceptors (Lipinski definition) is 4. The lowest BCUT2D eigenvalue weighted by Gasteiger charge is -2.31. The molecule has 5 heteroatoms. The molecule has 106 valence electrons. The number of amides is 1. The summed E-state index contributed by atoms with van der Waals surface area (Å²) >= 11 is 0. The van der Waals surface area contributed by atoms with Crippen molar-refractivity contribution < 1.29 is 14.3 Å². The van der Waals surface area contributed by atoms with E-state index in [9.17, 15) is 4.79 Å². The number of fused-ring (bicyclic) bond motifs is 2. The number of nitrogens with one attached hydrogen (secondary N) is 1. The van der Waals surface area contributed by atoms with Crippen LogP contribution in [0.1, 0.15) is 31.0 Å². The summed E-state index contributed by atoms with van der Waals surface area (Å²) in [4.78, 5) is 14.3. The fraction of sp³-hybridized carbons (Fsp3) is 0.533. The number of ether oxygens (including phenoxy) is 2. The van der Waals surface area contributed by atoms with Crippen LogP contribution in [0.5, 0.6) is 11.5 Å². The van der Waals surface area contributed by atoms with Gasteiger partial charge in [0.25, 0.3) is 0 Å². The van der Waals surface area contributed by atoms with Gasteiger partial charge in [0, 0.05) is 6.54 Å². The van der Waals surface area contributed by atoms with Gasteiger partial charge in [-0.3, -0.25) is 9.69 Å². The van der Waals surface area contributed by atoms with Gasteiger partial charge in [-0.05, 0) is 30.5 Å². The molecular weight excluding hydrogens is 256 g/mol. The van der Waals surface area contributed by atoms with E-state index in [0.717, 1.165) is 42.9 Å². The quantitative estimate of drug-likeness (QED) is 0.842. The predicted molar refractivity (Wildman–Crippen MR) is 72.7 cm³/mol. The Morgan fingerprint density at radius 1 is 1.15 bits per heavy atom. The van der Waals surface area contributed by atoms with Gasteiger partial charge in [0.1, 0.15) is 19.4 Å². The van der Waals surface area contributed by atoms with Crippen molar-refractivity contribution in [2.75, 3.05) is 19.8 Å². The van der Waals surface area contributed by atoms with Crippen molar-refractivity contribution in [3.8, 4) is 11.5 Å². The van der Waals surface area contributed by atoms with Crippen LogP contribution in [0.2, 0.25) is 0 Å². The van der Waals surface area contributed by atoms with Crippen LogP contribution in [0.15, 0.2) is 18.2 Å². The van der Waals surface area contributed by atoms with E-state index in [-0.39, 0.29) is 18.1 Å². The molecular formula is C15H18N2O3. The lowest BCUT2D eigenvalue weighted by Crippen LogP contribution is -2.38. The molecule has 1 amide bonds. The number of rotatable bonds is 1. The van der Waals surface area contributed by atoms with Crippen LogP contribution in [0.3, 0.4) is 0 Å². The Balaban J connectivity index is 1.65. The van der Waals surface area contributed by atoms with Gasteiger partial charge in [-0.15, -0.1) is 0 Å². The zero-order valence-electron chi connectivity index (χ0n) is 11.3. The molecule has 0 spiro atoms. The third-order valence-corrected chi connectivity index (χ3v) is 4.34. The van der Waals surface area contributed by atoms with Gasteiger partial charge in [0.05, 0.1) is 6.04 Å². The Labute approximate surface area is 117 Å². The highest BCUT2D eigenvalue weighted by Gasteiger charge is 2.41. The summed E-state index contributed by atoms with van der Waals surface area (Å²) in [5.74, 6) is 1.73. The lowest BCUT2D eigenvalue weighted by molar-refractivity contribution is -0.122. The molecule has 0 aliphatic carbocycles. The maximum atomic E-state index is 12.1. The van der Waals surface area contributed by atoms with Crippen molar-refractivity contribution in [2.45, 2.75) is 31.5 Å². The highest BCUT2D eigenvalue weighted by molar-refractivity contribution is 5.84. The van der Waals surface area contributed by atoms with Crippen molar-refractivity contribution in [2.24, 2.45) is 0 Å². The van der Waals surface area contributed by atoms with E-state index in [4.69, 9.17) is 9.47 Å². The number of benzene rings is 1. The molecule has 2 fully saturated rings. The maximum Gasteiger partial charge on any atom is 0.238 e. The molecule has 3 aliphatic heterocycles. The molecule has 20 heavy (non-hydrogen) atoms. The van der Waals surface area contributed by atoms with Gasteiger partial charge in [-0.2, -0.15) is 0 Å². The first-order valence-corrected chi connectivity index (χ1v) is 7.28. The Hall–Kier alpha value is -1.75. The fourth-order valence-corrected chi connectivity index (χ4v) is 3.36. The minimum Gasteiger partial charge on any atom is -0.486 e. The first-order chi connectivity index (χ1) is 9.83. The minimum absolute atomic E-state index is 0.0244. The zero-order chi connectivity index (χ0) is 13.5. The van der Waals surface area contributed by atoms with Crippen molar-refractivity contribution in [3.63, 3.8) is 0 Å². The van der Waals surface area contributed by atoms with Crippen LogP contribution in [-0.2, 0) is 4.79 Å². The molecule has 0 radical (unpaired) electrons. The van der Waals surface area contributed by atoms with Crippen LogP contribution >= 0.6 is 0 Å². The molecule has 2 unspecified atom stereocenters. The SMILES string of the molecule is O=C1NC(c2ccc3c(c2)OCCO3)N2CCCCC12. The molecule has 0 aromatic heterocycles. The molecule has 5 nitrogen and oxygen atoms in total. The van der Waals surface area contributed by atoms with E-state index < -0.39 is 0 Å². The second-order valence-electron chi connectivity index (χ2n) is 5.56. The molecule has 1 aromatic rings. The lowest BCUT2D eigenvalue weighted by atomic mass is 10.0. The largest absolute Gasteiger partial charge is 0.486 e. The average molecular weight is 274 g/mol. The fourth-order valence-electron chi connectivity index (χ4n) is 3.36. The Bertz CT molecular complexity index is 546. The Morgan fingerprint density at radius 3 is 2.90 bits per heavy atom. The van der Waals surface area contributed by atoms with E-state index in [1.54, 1.807) is 0 Å². The van der Waals surface area contributed by atoms with Gasteiger partial charge >= 0.3 is 0 Å². The third kappa shape index (κ3) is 1.85. The number of carbonyl (C=O) groups is 1. The van der Waals surface area contributed by atoms with Crippen molar-refractivity contribution >= 4 is 5.91 Å². The third-order valence-electron chi connectivity index (χ3n) is 4.34. The minimum atomic E-state index is -0.0244. The summed E-state index contributed by atoms with van der Waals surface area (Å²) in [6.45, 7) is 2.16. The van der Waals surface area contributed by atoms with E-state index in [0.29, 0.717) is 13.2 Å². The van der Waals surface area contributed by atoms with Gasteiger partial charge < -0.3 is 14.8 Å². The second kappa shape index (κ2) is 4.66. The van der Waals surface area contributed by atoms with Crippen LogP contribution in [-0.4, -0.2) is 36.6 Å². The van der Waals surface area contributed by atoms with Crippen LogP contribution in [0.4, 0.5) is 0 Å². The molecule has 1 N–H and O–H groups in total. The van der Waals surface area contributed by atoms with E-state index >= 15 is 0 Å². The number of carbonyl (C=O) groups excluding carboxylic acids is 1. The molecule has 3 aliphatic rings. The monoisotopic (exact) mass is 274 g/mol. The summed E-state index contributed by atoms with van der Waals surface area (Å²) in [7, 11) is 0. The standard InChI is InChI=1S/C15H18N2O3/c18-15-11-3-1-2-6-17(11)14(16-15)10-4-5-12-13(9-10)20-8-7-19-12/h4-5,9,11,14H,1-3,6-8H2,(H,16,18). The predicted octanol–water partition coefficient (Wildman–Crippen LogP) is 1.44. The number of piperidine rings is 1. The maximum absolute atomic E-state index is 12.1. The number of hydrogen-bond donors (Lipinski definition) is 1. The Morgan fingerprint density at radius 2 is 2.00 bits per heavy atom. The average Bonchev–Trinajstić information content (AvgIpc) is 2.85. The molecule has 1 aromatic carbocycles. The van der Waals surface area contributed by atoms with Crippen molar-refractivity contribution in [3.05, 3.63) is 23.8 Å². The summed E-state index contributed by atoms with van der Waals surface area (Å²) in [5.41, 5.74) is 1.08. The topological polar surface area (TPSA) is 50.8 Å². The van der Waals surface area contributed by atoms with Crippen LogP contribution in [0.25, 0.3) is 0 Å². The summed E-state index contributed by atoms with van der Waals surface area (Å²) < 4.78 is 11.2. The molecule has 0 bridgehead atoms. The van der Waals surface area contributed by atoms with E-state index in [1.165, 1.54) is 0 Å². The van der Waals surface area contributed by atoms with Gasteiger partial charge in [-0.25, -0.2) is 0 Å². The molecule has 0 saturated carbocycles. The Kier molecular flexibility index (Phi) is 2.80. The molecule has 4 rings (SSSR count). The molecule has 3 heterocycles. The first-order valence-electron chi connectivity index (χ1n) is 7.28. The highest BCUT2D eigenvalue weighted by atomic mass is 16.6. The van der Waals surface area contributed by atoms with Crippen LogP contribution in [0, 0.1) is 0 Å². The van der Waals surface area contributed by atoms with Crippen LogP contribution < -0.4 is 14.8 Å². The van der Waals surface area contributed by atoms with Gasteiger partial charge in [-0.1, -0.05) is 12.5 Å². The summed E-state index contributed by atoms with van der Waals surface area (Å²) in [5, 5.41) is 3.11. The van der Waals surface area contributed by atoms with E-state index in [2.05, 4.69) is 10.2 Å². The first kappa shape index (κ1) is 12.0. The molecule has 2 saturated heterocycles. The second-order valence-corrected chi connectivity index (χ2v) is 5.56. The number of nitrogens with zero attached hydrogens (tertiary/aromatic N) is 1. The van der Waals surface area contributed by atoms with Crippen molar-refractivity contribution in [1.29, 1.82) is 0 Å². The van der Waals surface area contributed by atoms with Gasteiger partial charge in [0.15, 0.2) is 11.5 Å². The van der Waals surface area contributed by atoms with Gasteiger partial charge in [0.2, 0.25) is 5.91 Å². The van der Waals surface area contributed by atoms with Crippen molar-refractivity contribution in [1.82, 2.24) is 10.2 Å². The smallest absolute Gasteiger partial charge is 0.238 e. The normalized spacial score (nSPS) is 28.9. The molecule has 2 atom stereocenters. The highest BCUT2D eigenvalue weighted by Crippen LogP contribution is 2.37. The summed E-state index contributed by atoms with van der Waals surface area (Å²) in [6, 6.07) is 6.00.